The van der Waals surface area contributed by atoms with Crippen LogP contribution in [0.1, 0.15) is 25.7 Å². The number of isothiocyanates is 1. The number of likely N-dealkylation sites (N-methyl/N-ethyl adjacent to an activating group) is 1. The highest BCUT2D eigenvalue weighted by Crippen LogP contribution is 2.21. The SMILES string of the molecule is CN(CCN=C=S)C1CCCC1. The smallest absolute Gasteiger partial charge is 0.0620 e. The van der Waals surface area contributed by atoms with Gasteiger partial charge in [-0.05, 0) is 32.1 Å². The van der Waals surface area contributed by atoms with Crippen LogP contribution in [0.5, 0.6) is 0 Å². The summed E-state index contributed by atoms with van der Waals surface area (Å²) >= 11 is 4.50. The van der Waals surface area contributed by atoms with Crippen molar-refractivity contribution in [3.63, 3.8) is 0 Å². The van der Waals surface area contributed by atoms with E-state index in [0.29, 0.717) is 0 Å². The molecule has 0 radical (unpaired) electrons. The van der Waals surface area contributed by atoms with E-state index in [1.54, 1.807) is 0 Å². The van der Waals surface area contributed by atoms with Gasteiger partial charge in [-0.25, -0.2) is 4.99 Å². The quantitative estimate of drug-likeness (QED) is 0.490. The van der Waals surface area contributed by atoms with Crippen LogP contribution in [0.4, 0.5) is 0 Å². The molecule has 0 aromatic heterocycles. The van der Waals surface area contributed by atoms with Gasteiger partial charge in [0.2, 0.25) is 0 Å². The summed E-state index contributed by atoms with van der Waals surface area (Å²) in [5, 5.41) is 2.40. The number of hydrogen-bond donors (Lipinski definition) is 0. The minimum absolute atomic E-state index is 0.797. The van der Waals surface area contributed by atoms with Crippen LogP contribution in [0.2, 0.25) is 0 Å². The van der Waals surface area contributed by atoms with E-state index in [2.05, 4.69) is 34.3 Å². The molecule has 0 aliphatic heterocycles. The normalized spacial score (nSPS) is 18.2. The second-order valence-electron chi connectivity index (χ2n) is 3.39. The molecule has 0 bridgehead atoms. The maximum absolute atomic E-state index is 4.50. The average Bonchev–Trinajstić information content (AvgIpc) is 2.56. The predicted octanol–water partition coefficient (Wildman–Crippen LogP) is 1.96. The Labute approximate surface area is 79.7 Å². The van der Waals surface area contributed by atoms with Crippen molar-refractivity contribution in [3.05, 3.63) is 0 Å². The Hall–Kier alpha value is -0.240. The van der Waals surface area contributed by atoms with Gasteiger partial charge in [0.25, 0.3) is 0 Å². The first-order valence-corrected chi connectivity index (χ1v) is 4.99. The molecule has 0 N–H and O–H groups in total. The lowest BCUT2D eigenvalue weighted by Crippen LogP contribution is -2.31. The minimum Gasteiger partial charge on any atom is -0.302 e. The van der Waals surface area contributed by atoms with Gasteiger partial charge in [-0.15, -0.1) is 0 Å². The van der Waals surface area contributed by atoms with E-state index in [4.69, 9.17) is 0 Å². The molecule has 1 aliphatic carbocycles. The first kappa shape index (κ1) is 9.85. The second-order valence-corrected chi connectivity index (χ2v) is 3.57. The lowest BCUT2D eigenvalue weighted by atomic mass is 10.2. The maximum Gasteiger partial charge on any atom is 0.0620 e. The molecule has 0 saturated heterocycles. The van der Waals surface area contributed by atoms with Crippen molar-refractivity contribution in [1.29, 1.82) is 0 Å². The van der Waals surface area contributed by atoms with E-state index in [0.717, 1.165) is 19.1 Å². The lowest BCUT2D eigenvalue weighted by Gasteiger charge is -2.22. The molecule has 1 saturated carbocycles. The fourth-order valence-corrected chi connectivity index (χ4v) is 1.87. The predicted molar refractivity (Wildman–Crippen MR) is 54.8 cm³/mol. The average molecular weight is 184 g/mol. The van der Waals surface area contributed by atoms with Crippen LogP contribution < -0.4 is 0 Å². The molecule has 0 spiro atoms. The van der Waals surface area contributed by atoms with Crippen molar-refractivity contribution in [1.82, 2.24) is 4.90 Å². The third-order valence-corrected chi connectivity index (χ3v) is 2.71. The zero-order valence-electron chi connectivity index (χ0n) is 7.62. The zero-order chi connectivity index (χ0) is 8.81. The molecule has 1 aliphatic rings. The lowest BCUT2D eigenvalue weighted by molar-refractivity contribution is 0.253. The molecule has 0 unspecified atom stereocenters. The van der Waals surface area contributed by atoms with Gasteiger partial charge in [-0.2, -0.15) is 0 Å². The highest BCUT2D eigenvalue weighted by Gasteiger charge is 2.18. The van der Waals surface area contributed by atoms with Crippen LogP contribution in [0.3, 0.4) is 0 Å². The highest BCUT2D eigenvalue weighted by atomic mass is 32.1. The van der Waals surface area contributed by atoms with Gasteiger partial charge >= 0.3 is 0 Å². The highest BCUT2D eigenvalue weighted by molar-refractivity contribution is 7.78. The van der Waals surface area contributed by atoms with Gasteiger partial charge in [0, 0.05) is 12.6 Å². The van der Waals surface area contributed by atoms with Crippen LogP contribution in [0, 0.1) is 0 Å². The summed E-state index contributed by atoms with van der Waals surface area (Å²) in [7, 11) is 2.18. The molecule has 0 aromatic rings. The summed E-state index contributed by atoms with van der Waals surface area (Å²) in [5.41, 5.74) is 0. The monoisotopic (exact) mass is 184 g/mol. The molecule has 0 aromatic carbocycles. The largest absolute Gasteiger partial charge is 0.302 e. The minimum atomic E-state index is 0.797. The molecule has 1 fully saturated rings. The van der Waals surface area contributed by atoms with E-state index < -0.39 is 0 Å². The van der Waals surface area contributed by atoms with Gasteiger partial charge in [-0.1, -0.05) is 12.8 Å². The first-order chi connectivity index (χ1) is 5.84. The van der Waals surface area contributed by atoms with Crippen LogP contribution in [-0.2, 0) is 0 Å². The third kappa shape index (κ3) is 3.02. The zero-order valence-corrected chi connectivity index (χ0v) is 8.44. The Bertz CT molecular complexity index is 169. The number of aliphatic imine (C=N–C) groups is 1. The second kappa shape index (κ2) is 5.41. The van der Waals surface area contributed by atoms with Gasteiger partial charge in [0.1, 0.15) is 0 Å². The maximum atomic E-state index is 4.50. The fraction of sp³-hybridized carbons (Fsp3) is 0.889. The molecule has 2 nitrogen and oxygen atoms in total. The van der Waals surface area contributed by atoms with E-state index in [-0.39, 0.29) is 0 Å². The standard InChI is InChI=1S/C9H16N2S/c1-11(7-6-10-8-12)9-4-2-3-5-9/h9H,2-7H2,1H3. The Balaban J connectivity index is 2.17. The van der Waals surface area contributed by atoms with Crippen molar-refractivity contribution in [2.45, 2.75) is 31.7 Å². The summed E-state index contributed by atoms with van der Waals surface area (Å²) in [6.07, 6.45) is 5.51. The van der Waals surface area contributed by atoms with E-state index >= 15 is 0 Å². The molecular weight excluding hydrogens is 168 g/mol. The number of hydrogen-bond acceptors (Lipinski definition) is 3. The molecule has 0 heterocycles. The summed E-state index contributed by atoms with van der Waals surface area (Å²) in [6.45, 7) is 1.82. The molecular formula is C9H16N2S. The first-order valence-electron chi connectivity index (χ1n) is 4.58. The molecule has 0 atom stereocenters. The van der Waals surface area contributed by atoms with Crippen molar-refractivity contribution in [2.75, 3.05) is 20.1 Å². The third-order valence-electron chi connectivity index (χ3n) is 2.58. The Kier molecular flexibility index (Phi) is 4.44. The molecule has 68 valence electrons. The van der Waals surface area contributed by atoms with Crippen LogP contribution in [0.15, 0.2) is 4.99 Å². The topological polar surface area (TPSA) is 15.6 Å². The van der Waals surface area contributed by atoms with Gasteiger partial charge < -0.3 is 4.90 Å². The van der Waals surface area contributed by atoms with Crippen LogP contribution in [-0.4, -0.2) is 36.2 Å². The summed E-state index contributed by atoms with van der Waals surface area (Å²) in [5.74, 6) is 0. The number of thiocarbonyl (C=S) groups is 1. The van der Waals surface area contributed by atoms with Crippen molar-refractivity contribution < 1.29 is 0 Å². The Morgan fingerprint density at radius 2 is 2.17 bits per heavy atom. The van der Waals surface area contributed by atoms with Gasteiger partial charge in [0.15, 0.2) is 0 Å². The van der Waals surface area contributed by atoms with Crippen LogP contribution >= 0.6 is 12.2 Å². The Morgan fingerprint density at radius 3 is 2.75 bits per heavy atom. The fourth-order valence-electron chi connectivity index (χ4n) is 1.78. The Morgan fingerprint density at radius 1 is 1.50 bits per heavy atom. The summed E-state index contributed by atoms with van der Waals surface area (Å²) < 4.78 is 0. The van der Waals surface area contributed by atoms with Crippen molar-refractivity contribution in [3.8, 4) is 0 Å². The van der Waals surface area contributed by atoms with E-state index in [9.17, 15) is 0 Å². The van der Waals surface area contributed by atoms with Crippen molar-refractivity contribution >= 4 is 17.4 Å². The van der Waals surface area contributed by atoms with E-state index in [1.807, 2.05) is 0 Å². The molecule has 12 heavy (non-hydrogen) atoms. The van der Waals surface area contributed by atoms with Gasteiger partial charge in [0.05, 0.1) is 11.7 Å². The van der Waals surface area contributed by atoms with E-state index in [1.165, 1.54) is 25.7 Å². The molecule has 3 heteroatoms. The molecule has 1 rings (SSSR count). The van der Waals surface area contributed by atoms with Gasteiger partial charge in [-0.3, -0.25) is 0 Å². The number of nitrogens with zero attached hydrogens (tertiary/aromatic N) is 2. The van der Waals surface area contributed by atoms with Crippen LogP contribution in [0.25, 0.3) is 0 Å². The van der Waals surface area contributed by atoms with Crippen molar-refractivity contribution in [2.24, 2.45) is 4.99 Å². The summed E-state index contributed by atoms with van der Waals surface area (Å²) in [6, 6.07) is 0.797. The molecule has 0 amide bonds. The number of rotatable bonds is 4. The summed E-state index contributed by atoms with van der Waals surface area (Å²) in [4.78, 5) is 6.30.